The van der Waals surface area contributed by atoms with Crippen molar-refractivity contribution in [2.45, 2.75) is 6.92 Å². The van der Waals surface area contributed by atoms with Gasteiger partial charge in [-0.15, -0.1) is 0 Å². The zero-order valence-corrected chi connectivity index (χ0v) is 14.3. The summed E-state index contributed by atoms with van der Waals surface area (Å²) in [6.45, 7) is 2.10. The standard InChI is InChI=1S/C22H17NS/c1-17-2-10-20(11-3-17)21-12-6-18(7-13-21)4-5-19-8-14-22(15-9-19)23-16-24/h2-15H,1H3. The molecule has 0 unspecified atom stereocenters. The number of rotatable bonds is 4. The molecular formula is C22H17NS. The minimum absolute atomic E-state index is 0.824. The lowest BCUT2D eigenvalue weighted by atomic mass is 10.0. The number of hydrogen-bond acceptors (Lipinski definition) is 2. The second-order valence-electron chi connectivity index (χ2n) is 5.62. The Bertz CT molecular complexity index is 882. The van der Waals surface area contributed by atoms with E-state index in [-0.39, 0.29) is 0 Å². The van der Waals surface area contributed by atoms with Gasteiger partial charge in [0.15, 0.2) is 0 Å². The van der Waals surface area contributed by atoms with Crippen molar-refractivity contribution in [3.8, 4) is 11.1 Å². The zero-order valence-electron chi connectivity index (χ0n) is 13.4. The summed E-state index contributed by atoms with van der Waals surface area (Å²) in [5.74, 6) is 0. The molecule has 3 aromatic rings. The van der Waals surface area contributed by atoms with Gasteiger partial charge in [0.25, 0.3) is 0 Å². The van der Waals surface area contributed by atoms with Gasteiger partial charge in [-0.2, -0.15) is 4.99 Å². The largest absolute Gasteiger partial charge is 0.195 e. The number of thiocarbonyl (C=S) groups is 1. The molecule has 0 aliphatic carbocycles. The van der Waals surface area contributed by atoms with Gasteiger partial charge in [0, 0.05) is 0 Å². The number of benzene rings is 3. The molecule has 0 saturated heterocycles. The molecule has 0 amide bonds. The van der Waals surface area contributed by atoms with Crippen molar-refractivity contribution in [2.24, 2.45) is 4.99 Å². The SMILES string of the molecule is Cc1ccc(-c2ccc(C=Cc3ccc(N=C=S)cc3)cc2)cc1. The number of aliphatic imine (C=N–C) groups is 1. The van der Waals surface area contributed by atoms with Crippen molar-refractivity contribution >= 4 is 35.2 Å². The zero-order chi connectivity index (χ0) is 16.8. The van der Waals surface area contributed by atoms with Crippen LogP contribution in [0.15, 0.2) is 77.8 Å². The van der Waals surface area contributed by atoms with Crippen molar-refractivity contribution < 1.29 is 0 Å². The van der Waals surface area contributed by atoms with E-state index in [0.717, 1.165) is 11.3 Å². The topological polar surface area (TPSA) is 12.4 Å². The molecule has 0 heterocycles. The Morgan fingerprint density at radius 1 is 0.708 bits per heavy atom. The van der Waals surface area contributed by atoms with Crippen LogP contribution < -0.4 is 0 Å². The highest BCUT2D eigenvalue weighted by atomic mass is 32.1. The molecular weight excluding hydrogens is 310 g/mol. The first-order valence-corrected chi connectivity index (χ1v) is 8.18. The van der Waals surface area contributed by atoms with Gasteiger partial charge in [0.1, 0.15) is 0 Å². The van der Waals surface area contributed by atoms with Gasteiger partial charge in [0.05, 0.1) is 10.8 Å². The summed E-state index contributed by atoms with van der Waals surface area (Å²) in [5, 5.41) is 2.37. The number of nitrogens with zero attached hydrogens (tertiary/aromatic N) is 1. The second kappa shape index (κ2) is 7.65. The predicted molar refractivity (Wildman–Crippen MR) is 107 cm³/mol. The highest BCUT2D eigenvalue weighted by Gasteiger charge is 1.97. The number of aryl methyl sites for hydroxylation is 1. The summed E-state index contributed by atoms with van der Waals surface area (Å²) in [4.78, 5) is 3.95. The fraction of sp³-hybridized carbons (Fsp3) is 0.0455. The molecule has 0 saturated carbocycles. The molecule has 0 aliphatic rings. The Labute approximate surface area is 148 Å². The normalized spacial score (nSPS) is 10.5. The van der Waals surface area contributed by atoms with Crippen LogP contribution in [0.1, 0.15) is 16.7 Å². The molecule has 0 atom stereocenters. The van der Waals surface area contributed by atoms with E-state index in [1.165, 1.54) is 22.3 Å². The first-order chi connectivity index (χ1) is 11.7. The molecule has 0 N–H and O–H groups in total. The Balaban J connectivity index is 1.73. The Kier molecular flexibility index (Phi) is 5.12. The van der Waals surface area contributed by atoms with Crippen molar-refractivity contribution in [3.05, 3.63) is 89.5 Å². The van der Waals surface area contributed by atoms with Crippen molar-refractivity contribution in [1.29, 1.82) is 0 Å². The third kappa shape index (κ3) is 4.14. The first kappa shape index (κ1) is 16.1. The third-order valence-corrected chi connectivity index (χ3v) is 3.92. The van der Waals surface area contributed by atoms with E-state index >= 15 is 0 Å². The Morgan fingerprint density at radius 2 is 1.17 bits per heavy atom. The van der Waals surface area contributed by atoms with E-state index in [0.29, 0.717) is 0 Å². The third-order valence-electron chi connectivity index (χ3n) is 3.83. The Hall–Kier alpha value is -2.80. The molecule has 1 nitrogen and oxygen atoms in total. The van der Waals surface area contributed by atoms with Gasteiger partial charge in [-0.25, -0.2) is 0 Å². The van der Waals surface area contributed by atoms with Crippen LogP contribution >= 0.6 is 12.2 Å². The molecule has 0 spiro atoms. The van der Waals surface area contributed by atoms with Gasteiger partial charge in [0.2, 0.25) is 0 Å². The van der Waals surface area contributed by atoms with Crippen LogP contribution in [0.3, 0.4) is 0 Å². The predicted octanol–water partition coefficient (Wildman–Crippen LogP) is 6.57. The van der Waals surface area contributed by atoms with Crippen LogP contribution in [0.4, 0.5) is 5.69 Å². The highest BCUT2D eigenvalue weighted by molar-refractivity contribution is 7.78. The summed E-state index contributed by atoms with van der Waals surface area (Å²) in [6, 6.07) is 25.1. The molecule has 0 bridgehead atoms. The maximum atomic E-state index is 4.60. The summed E-state index contributed by atoms with van der Waals surface area (Å²) in [7, 11) is 0. The summed E-state index contributed by atoms with van der Waals surface area (Å²) >= 11 is 4.60. The molecule has 24 heavy (non-hydrogen) atoms. The lowest BCUT2D eigenvalue weighted by Crippen LogP contribution is -1.79. The van der Waals surface area contributed by atoms with Crippen LogP contribution in [0.2, 0.25) is 0 Å². The molecule has 0 aliphatic heterocycles. The quantitative estimate of drug-likeness (QED) is 0.300. The maximum Gasteiger partial charge on any atom is 0.0739 e. The highest BCUT2D eigenvalue weighted by Crippen LogP contribution is 2.21. The lowest BCUT2D eigenvalue weighted by molar-refractivity contribution is 1.47. The van der Waals surface area contributed by atoms with Crippen LogP contribution in [0.25, 0.3) is 23.3 Å². The van der Waals surface area contributed by atoms with E-state index in [1.54, 1.807) is 0 Å². The molecule has 116 valence electrons. The summed E-state index contributed by atoms with van der Waals surface area (Å²) < 4.78 is 0. The van der Waals surface area contributed by atoms with Crippen LogP contribution in [0, 0.1) is 6.92 Å². The molecule has 0 fully saturated rings. The molecule has 0 aromatic heterocycles. The monoisotopic (exact) mass is 327 g/mol. The molecule has 0 radical (unpaired) electrons. The van der Waals surface area contributed by atoms with Crippen LogP contribution in [0.5, 0.6) is 0 Å². The van der Waals surface area contributed by atoms with E-state index in [4.69, 9.17) is 0 Å². The maximum absolute atomic E-state index is 4.60. The fourth-order valence-electron chi connectivity index (χ4n) is 2.44. The molecule has 3 rings (SSSR count). The summed E-state index contributed by atoms with van der Waals surface area (Å²) in [5.41, 5.74) is 6.87. The second-order valence-corrected chi connectivity index (χ2v) is 5.80. The number of hydrogen-bond donors (Lipinski definition) is 0. The first-order valence-electron chi connectivity index (χ1n) is 7.78. The molecule has 2 heteroatoms. The molecule has 3 aromatic carbocycles. The minimum Gasteiger partial charge on any atom is -0.195 e. The average Bonchev–Trinajstić information content (AvgIpc) is 2.63. The van der Waals surface area contributed by atoms with Gasteiger partial charge in [-0.1, -0.05) is 78.4 Å². The van der Waals surface area contributed by atoms with E-state index < -0.39 is 0 Å². The minimum atomic E-state index is 0.824. The van der Waals surface area contributed by atoms with Crippen molar-refractivity contribution in [1.82, 2.24) is 0 Å². The average molecular weight is 327 g/mol. The lowest BCUT2D eigenvalue weighted by Gasteiger charge is -2.03. The van der Waals surface area contributed by atoms with Gasteiger partial charge >= 0.3 is 0 Å². The van der Waals surface area contributed by atoms with Gasteiger partial charge < -0.3 is 0 Å². The van der Waals surface area contributed by atoms with Gasteiger partial charge in [-0.3, -0.25) is 0 Å². The fourth-order valence-corrected chi connectivity index (χ4v) is 2.54. The smallest absolute Gasteiger partial charge is 0.0739 e. The van der Waals surface area contributed by atoms with Crippen molar-refractivity contribution in [2.75, 3.05) is 0 Å². The number of isothiocyanates is 1. The van der Waals surface area contributed by atoms with Crippen LogP contribution in [-0.4, -0.2) is 5.16 Å². The van der Waals surface area contributed by atoms with Crippen molar-refractivity contribution in [3.63, 3.8) is 0 Å². The van der Waals surface area contributed by atoms with E-state index in [1.807, 2.05) is 24.3 Å². The van der Waals surface area contributed by atoms with Crippen LogP contribution in [-0.2, 0) is 0 Å². The van der Waals surface area contributed by atoms with Gasteiger partial charge in [-0.05, 0) is 53.5 Å². The van der Waals surface area contributed by atoms with E-state index in [2.05, 4.69) is 90.0 Å². The van der Waals surface area contributed by atoms with E-state index in [9.17, 15) is 0 Å². The Morgan fingerprint density at radius 3 is 1.67 bits per heavy atom. The summed E-state index contributed by atoms with van der Waals surface area (Å²) in [6.07, 6.45) is 4.20.